The smallest absolute Gasteiger partial charge is 0.232 e. The number of H-pyrrole nitrogens is 2. The van der Waals surface area contributed by atoms with Crippen molar-refractivity contribution in [3.05, 3.63) is 18.1 Å². The molecule has 0 aliphatic heterocycles. The zero-order valence-corrected chi connectivity index (χ0v) is 13.0. The number of fused-ring (bicyclic) bond motifs is 1. The van der Waals surface area contributed by atoms with Crippen molar-refractivity contribution in [1.82, 2.24) is 30.1 Å². The van der Waals surface area contributed by atoms with Gasteiger partial charge in [0, 0.05) is 18.0 Å². The van der Waals surface area contributed by atoms with Gasteiger partial charge in [0.2, 0.25) is 5.95 Å². The van der Waals surface area contributed by atoms with Crippen LogP contribution >= 0.6 is 0 Å². The average Bonchev–Trinajstić information content (AvgIpc) is 3.15. The molecule has 0 radical (unpaired) electrons. The normalized spacial score (nSPS) is 16.3. The van der Waals surface area contributed by atoms with Gasteiger partial charge < -0.3 is 10.3 Å². The van der Waals surface area contributed by atoms with Crippen LogP contribution in [0.4, 0.5) is 17.6 Å². The monoisotopic (exact) mass is 310 g/mol. The Hall–Kier alpha value is -2.77. The highest BCUT2D eigenvalue weighted by atomic mass is 15.2. The zero-order chi connectivity index (χ0) is 15.8. The number of anilines is 2. The second-order valence-corrected chi connectivity index (χ2v) is 6.01. The van der Waals surface area contributed by atoms with E-state index in [-0.39, 0.29) is 0 Å². The Labute approximate surface area is 132 Å². The summed E-state index contributed by atoms with van der Waals surface area (Å²) >= 11 is 0. The molecule has 8 nitrogen and oxygen atoms in total. The van der Waals surface area contributed by atoms with Crippen LogP contribution in [0.25, 0.3) is 11.2 Å². The third-order valence-electron chi connectivity index (χ3n) is 4.00. The van der Waals surface area contributed by atoms with Gasteiger partial charge in [-0.1, -0.05) is 6.92 Å². The molecule has 8 heteroatoms. The van der Waals surface area contributed by atoms with Gasteiger partial charge in [0.05, 0.1) is 6.33 Å². The summed E-state index contributed by atoms with van der Waals surface area (Å²) in [4.78, 5) is 20.7. The van der Waals surface area contributed by atoms with Crippen LogP contribution in [0.2, 0.25) is 0 Å². The lowest BCUT2D eigenvalue weighted by Crippen LogP contribution is -2.00. The standard InChI is InChI=1S/C15H18N8/c1-8(10-3-4-10)6-16-13-12-14(18-7-17-12)21-15(20-13)19-11-5-9(2)22-23-11/h5-8,10H,3-4H2,1-2H3,(H3,17,18,19,20,21,22,23)/b16-6-. The van der Waals surface area contributed by atoms with Crippen LogP contribution in [0.3, 0.4) is 0 Å². The van der Waals surface area contributed by atoms with E-state index in [0.29, 0.717) is 34.7 Å². The first kappa shape index (κ1) is 13.9. The van der Waals surface area contributed by atoms with Gasteiger partial charge >= 0.3 is 0 Å². The van der Waals surface area contributed by atoms with E-state index in [1.54, 1.807) is 6.33 Å². The van der Waals surface area contributed by atoms with Crippen LogP contribution in [0.1, 0.15) is 25.5 Å². The highest BCUT2D eigenvalue weighted by Gasteiger charge is 2.26. The van der Waals surface area contributed by atoms with Crippen LogP contribution < -0.4 is 5.32 Å². The van der Waals surface area contributed by atoms with E-state index in [9.17, 15) is 0 Å². The quantitative estimate of drug-likeness (QED) is 0.628. The van der Waals surface area contributed by atoms with Crippen molar-refractivity contribution >= 4 is 35.0 Å². The van der Waals surface area contributed by atoms with Gasteiger partial charge in [-0.15, -0.1) is 0 Å². The Morgan fingerprint density at radius 1 is 1.39 bits per heavy atom. The molecule has 1 saturated carbocycles. The SMILES string of the molecule is Cc1cc(Nc2nc(/N=C\C(C)C3CC3)c3nc[nH]c3n2)n[nH]1. The molecule has 4 rings (SSSR count). The average molecular weight is 310 g/mol. The first-order valence-electron chi connectivity index (χ1n) is 7.73. The molecule has 0 aromatic carbocycles. The number of nitrogens with one attached hydrogen (secondary N) is 3. The number of rotatable bonds is 5. The highest BCUT2D eigenvalue weighted by molar-refractivity contribution is 5.84. The number of imidazole rings is 1. The van der Waals surface area contributed by atoms with Crippen LogP contribution in [0, 0.1) is 18.8 Å². The Morgan fingerprint density at radius 3 is 3.00 bits per heavy atom. The van der Waals surface area contributed by atoms with Crippen molar-refractivity contribution in [3.8, 4) is 0 Å². The van der Waals surface area contributed by atoms with Crippen molar-refractivity contribution in [3.63, 3.8) is 0 Å². The van der Waals surface area contributed by atoms with Crippen molar-refractivity contribution in [2.24, 2.45) is 16.8 Å². The fraction of sp³-hybridized carbons (Fsp3) is 0.400. The number of aliphatic imine (C=N–C) groups is 1. The Kier molecular flexibility index (Phi) is 3.29. The summed E-state index contributed by atoms with van der Waals surface area (Å²) in [5.41, 5.74) is 2.29. The Balaban J connectivity index is 1.66. The summed E-state index contributed by atoms with van der Waals surface area (Å²) in [7, 11) is 0. The molecule has 1 fully saturated rings. The number of nitrogens with zero attached hydrogens (tertiary/aromatic N) is 5. The zero-order valence-electron chi connectivity index (χ0n) is 13.0. The van der Waals surface area contributed by atoms with Gasteiger partial charge in [-0.2, -0.15) is 15.1 Å². The van der Waals surface area contributed by atoms with E-state index in [1.165, 1.54) is 12.8 Å². The molecule has 3 aromatic heterocycles. The maximum atomic E-state index is 4.55. The van der Waals surface area contributed by atoms with Gasteiger partial charge in [0.25, 0.3) is 0 Å². The molecular formula is C15H18N8. The van der Waals surface area contributed by atoms with Crippen molar-refractivity contribution < 1.29 is 0 Å². The summed E-state index contributed by atoms with van der Waals surface area (Å²) in [5, 5.41) is 10.1. The predicted octanol–water partition coefficient (Wildman–Crippen LogP) is 2.88. The molecule has 118 valence electrons. The molecule has 0 bridgehead atoms. The van der Waals surface area contributed by atoms with Crippen molar-refractivity contribution in [1.29, 1.82) is 0 Å². The van der Waals surface area contributed by atoms with E-state index < -0.39 is 0 Å². The number of hydrogen-bond donors (Lipinski definition) is 3. The maximum Gasteiger partial charge on any atom is 0.232 e. The highest BCUT2D eigenvalue weighted by Crippen LogP contribution is 2.36. The fourth-order valence-electron chi connectivity index (χ4n) is 2.49. The van der Waals surface area contributed by atoms with E-state index in [1.807, 2.05) is 19.2 Å². The molecule has 0 spiro atoms. The predicted molar refractivity (Wildman–Crippen MR) is 88.3 cm³/mol. The van der Waals surface area contributed by atoms with Crippen LogP contribution in [-0.2, 0) is 0 Å². The second-order valence-electron chi connectivity index (χ2n) is 6.01. The number of aryl methyl sites for hydroxylation is 1. The van der Waals surface area contributed by atoms with Crippen LogP contribution in [0.15, 0.2) is 17.4 Å². The molecule has 1 aliphatic carbocycles. The molecule has 23 heavy (non-hydrogen) atoms. The van der Waals surface area contributed by atoms with Gasteiger partial charge in [-0.3, -0.25) is 5.10 Å². The van der Waals surface area contributed by atoms with E-state index in [4.69, 9.17) is 0 Å². The van der Waals surface area contributed by atoms with Gasteiger partial charge in [-0.25, -0.2) is 9.98 Å². The summed E-state index contributed by atoms with van der Waals surface area (Å²) < 4.78 is 0. The van der Waals surface area contributed by atoms with E-state index in [0.717, 1.165) is 11.6 Å². The summed E-state index contributed by atoms with van der Waals surface area (Å²) in [6.07, 6.45) is 6.15. The maximum absolute atomic E-state index is 4.55. The van der Waals surface area contributed by atoms with Gasteiger partial charge in [-0.05, 0) is 31.6 Å². The van der Waals surface area contributed by atoms with Crippen molar-refractivity contribution in [2.45, 2.75) is 26.7 Å². The Bertz CT molecular complexity index is 857. The largest absolute Gasteiger partial charge is 0.329 e. The molecule has 1 atom stereocenters. The minimum absolute atomic E-state index is 0.444. The molecule has 0 amide bonds. The summed E-state index contributed by atoms with van der Waals surface area (Å²) in [6.45, 7) is 4.13. The number of aromatic nitrogens is 6. The van der Waals surface area contributed by atoms with E-state index in [2.05, 4.69) is 47.4 Å². The lowest BCUT2D eigenvalue weighted by Gasteiger charge is -2.04. The lowest BCUT2D eigenvalue weighted by atomic mass is 10.1. The van der Waals surface area contributed by atoms with E-state index >= 15 is 0 Å². The van der Waals surface area contributed by atoms with Gasteiger partial charge in [0.15, 0.2) is 22.8 Å². The lowest BCUT2D eigenvalue weighted by molar-refractivity contribution is 0.679. The number of hydrogen-bond acceptors (Lipinski definition) is 6. The number of aromatic amines is 2. The molecule has 3 heterocycles. The summed E-state index contributed by atoms with van der Waals surface area (Å²) in [6, 6.07) is 1.89. The minimum Gasteiger partial charge on any atom is -0.329 e. The van der Waals surface area contributed by atoms with Gasteiger partial charge in [0.1, 0.15) is 0 Å². The molecule has 3 N–H and O–H groups in total. The molecule has 1 aliphatic rings. The molecule has 3 aromatic rings. The topological polar surface area (TPSA) is 108 Å². The first-order valence-corrected chi connectivity index (χ1v) is 7.73. The molecule has 1 unspecified atom stereocenters. The third kappa shape index (κ3) is 2.92. The summed E-state index contributed by atoms with van der Waals surface area (Å²) in [5.74, 6) is 2.91. The van der Waals surface area contributed by atoms with Crippen molar-refractivity contribution in [2.75, 3.05) is 5.32 Å². The fourth-order valence-corrected chi connectivity index (χ4v) is 2.49. The minimum atomic E-state index is 0.444. The van der Waals surface area contributed by atoms with Crippen LogP contribution in [0.5, 0.6) is 0 Å². The first-order chi connectivity index (χ1) is 11.2. The molecule has 0 saturated heterocycles. The Morgan fingerprint density at radius 2 is 2.26 bits per heavy atom. The molecular weight excluding hydrogens is 292 g/mol. The third-order valence-corrected chi connectivity index (χ3v) is 4.00. The van der Waals surface area contributed by atoms with Crippen LogP contribution in [-0.4, -0.2) is 36.3 Å². The second kappa shape index (κ2) is 5.45.